The Morgan fingerprint density at radius 1 is 1.38 bits per heavy atom. The lowest BCUT2D eigenvalue weighted by atomic mass is 10.3. The van der Waals surface area contributed by atoms with Crippen LogP contribution in [0.3, 0.4) is 0 Å². The van der Waals surface area contributed by atoms with Crippen molar-refractivity contribution in [3.63, 3.8) is 0 Å². The smallest absolute Gasteiger partial charge is 0.223 e. The summed E-state index contributed by atoms with van der Waals surface area (Å²) in [6.45, 7) is 1.40. The zero-order valence-corrected chi connectivity index (χ0v) is 9.21. The van der Waals surface area contributed by atoms with Gasteiger partial charge in [-0.1, -0.05) is 6.07 Å². The van der Waals surface area contributed by atoms with Crippen molar-refractivity contribution in [3.05, 3.63) is 29.5 Å². The Morgan fingerprint density at radius 3 is 2.88 bits per heavy atom. The van der Waals surface area contributed by atoms with Crippen LogP contribution in [0.4, 0.5) is 9.52 Å². The fourth-order valence-corrected chi connectivity index (χ4v) is 1.90. The Morgan fingerprint density at radius 2 is 2.19 bits per heavy atom. The number of pyridine rings is 1. The third kappa shape index (κ3) is 2.40. The molecule has 0 saturated carbocycles. The van der Waals surface area contributed by atoms with Crippen molar-refractivity contribution in [2.24, 2.45) is 0 Å². The maximum absolute atomic E-state index is 12.9. The standard InChI is InChI=1S/C10H8FN3OS/c1-6(15)12-10-14-8(5-16-10)7-3-2-4-9(11)13-7/h2-5H,1H3,(H,12,14,15). The first-order chi connectivity index (χ1) is 7.65. The second-order valence-electron chi connectivity index (χ2n) is 3.06. The van der Waals surface area contributed by atoms with Crippen molar-refractivity contribution < 1.29 is 9.18 Å². The van der Waals surface area contributed by atoms with Crippen LogP contribution in [0.5, 0.6) is 0 Å². The Bertz CT molecular complexity index is 526. The topological polar surface area (TPSA) is 54.9 Å². The van der Waals surface area contributed by atoms with Crippen LogP contribution < -0.4 is 5.32 Å². The van der Waals surface area contributed by atoms with Gasteiger partial charge in [0.05, 0.1) is 5.69 Å². The molecular formula is C10H8FN3OS. The van der Waals surface area contributed by atoms with Gasteiger partial charge in [-0.2, -0.15) is 4.39 Å². The predicted molar refractivity (Wildman–Crippen MR) is 59.6 cm³/mol. The zero-order valence-electron chi connectivity index (χ0n) is 8.40. The molecule has 0 radical (unpaired) electrons. The zero-order chi connectivity index (χ0) is 11.5. The van der Waals surface area contributed by atoms with Crippen LogP contribution in [0.25, 0.3) is 11.4 Å². The van der Waals surface area contributed by atoms with E-state index in [4.69, 9.17) is 0 Å². The van der Waals surface area contributed by atoms with Crippen molar-refractivity contribution in [2.45, 2.75) is 6.92 Å². The number of anilines is 1. The van der Waals surface area contributed by atoms with E-state index in [-0.39, 0.29) is 5.91 Å². The summed E-state index contributed by atoms with van der Waals surface area (Å²) in [5.74, 6) is -0.736. The predicted octanol–water partition coefficient (Wildman–Crippen LogP) is 2.30. The molecule has 0 aromatic carbocycles. The molecule has 2 heterocycles. The quantitative estimate of drug-likeness (QED) is 0.815. The monoisotopic (exact) mass is 237 g/mol. The number of hydrogen-bond acceptors (Lipinski definition) is 4. The molecule has 1 N–H and O–H groups in total. The lowest BCUT2D eigenvalue weighted by Crippen LogP contribution is -2.05. The van der Waals surface area contributed by atoms with E-state index >= 15 is 0 Å². The maximum Gasteiger partial charge on any atom is 0.223 e. The van der Waals surface area contributed by atoms with Gasteiger partial charge in [-0.3, -0.25) is 4.79 Å². The maximum atomic E-state index is 12.9. The van der Waals surface area contributed by atoms with Crippen molar-refractivity contribution in [1.29, 1.82) is 0 Å². The number of thiazole rings is 1. The molecular weight excluding hydrogens is 229 g/mol. The Kier molecular flexibility index (Phi) is 2.91. The highest BCUT2D eigenvalue weighted by Crippen LogP contribution is 2.23. The number of halogens is 1. The van der Waals surface area contributed by atoms with E-state index in [9.17, 15) is 9.18 Å². The third-order valence-electron chi connectivity index (χ3n) is 1.76. The van der Waals surface area contributed by atoms with Crippen LogP contribution in [0.15, 0.2) is 23.6 Å². The van der Waals surface area contributed by atoms with Crippen molar-refractivity contribution in [2.75, 3.05) is 5.32 Å². The number of hydrogen-bond donors (Lipinski definition) is 1. The fourth-order valence-electron chi connectivity index (χ4n) is 1.15. The van der Waals surface area contributed by atoms with E-state index in [0.717, 1.165) is 0 Å². The number of amides is 1. The number of nitrogens with one attached hydrogen (secondary N) is 1. The molecule has 82 valence electrons. The fraction of sp³-hybridized carbons (Fsp3) is 0.100. The van der Waals surface area contributed by atoms with Gasteiger partial charge in [-0.25, -0.2) is 9.97 Å². The second kappa shape index (κ2) is 4.36. The first-order valence-corrected chi connectivity index (χ1v) is 5.39. The van der Waals surface area contributed by atoms with Crippen LogP contribution in [0.1, 0.15) is 6.92 Å². The Hall–Kier alpha value is -1.82. The molecule has 0 atom stereocenters. The molecule has 2 aromatic heterocycles. The number of aromatic nitrogens is 2. The first kappa shape index (κ1) is 10.7. The lowest BCUT2D eigenvalue weighted by molar-refractivity contribution is -0.114. The molecule has 0 fully saturated rings. The summed E-state index contributed by atoms with van der Waals surface area (Å²) in [7, 11) is 0. The van der Waals surface area contributed by atoms with Crippen LogP contribution in [0, 0.1) is 5.95 Å². The first-order valence-electron chi connectivity index (χ1n) is 4.51. The lowest BCUT2D eigenvalue weighted by Gasteiger charge is -1.95. The van der Waals surface area contributed by atoms with E-state index in [1.165, 1.54) is 24.3 Å². The van der Waals surface area contributed by atoms with E-state index in [1.807, 2.05) is 0 Å². The molecule has 0 aliphatic rings. The highest BCUT2D eigenvalue weighted by molar-refractivity contribution is 7.14. The average Bonchev–Trinajstić information content (AvgIpc) is 2.65. The van der Waals surface area contributed by atoms with Gasteiger partial charge in [0.25, 0.3) is 0 Å². The minimum Gasteiger partial charge on any atom is -0.302 e. The number of carbonyl (C=O) groups is 1. The molecule has 0 spiro atoms. The van der Waals surface area contributed by atoms with Gasteiger partial charge in [-0.05, 0) is 12.1 Å². The van der Waals surface area contributed by atoms with E-state index in [1.54, 1.807) is 17.5 Å². The summed E-state index contributed by atoms with van der Waals surface area (Å²) in [6.07, 6.45) is 0. The molecule has 0 unspecified atom stereocenters. The minimum absolute atomic E-state index is 0.187. The van der Waals surface area contributed by atoms with E-state index < -0.39 is 5.95 Å². The summed E-state index contributed by atoms with van der Waals surface area (Å²) in [5, 5.41) is 4.75. The molecule has 16 heavy (non-hydrogen) atoms. The van der Waals surface area contributed by atoms with Gasteiger partial charge in [0.2, 0.25) is 11.9 Å². The van der Waals surface area contributed by atoms with Crippen LogP contribution in [0.2, 0.25) is 0 Å². The molecule has 0 aliphatic carbocycles. The normalized spacial score (nSPS) is 10.1. The van der Waals surface area contributed by atoms with Crippen molar-refractivity contribution in [1.82, 2.24) is 9.97 Å². The Labute approximate surface area is 95.2 Å². The van der Waals surface area contributed by atoms with E-state index in [2.05, 4.69) is 15.3 Å². The summed E-state index contributed by atoms with van der Waals surface area (Å²) in [5.41, 5.74) is 1.00. The summed E-state index contributed by atoms with van der Waals surface area (Å²) >= 11 is 1.27. The molecule has 0 bridgehead atoms. The number of nitrogens with zero attached hydrogens (tertiary/aromatic N) is 2. The number of rotatable bonds is 2. The largest absolute Gasteiger partial charge is 0.302 e. The summed E-state index contributed by atoms with van der Waals surface area (Å²) in [4.78, 5) is 18.6. The van der Waals surface area contributed by atoms with Crippen LogP contribution >= 0.6 is 11.3 Å². The Balaban J connectivity index is 2.28. The molecule has 4 nitrogen and oxygen atoms in total. The summed E-state index contributed by atoms with van der Waals surface area (Å²) < 4.78 is 12.9. The van der Waals surface area contributed by atoms with Gasteiger partial charge in [0, 0.05) is 12.3 Å². The highest BCUT2D eigenvalue weighted by atomic mass is 32.1. The third-order valence-corrected chi connectivity index (χ3v) is 2.52. The van der Waals surface area contributed by atoms with Crippen molar-refractivity contribution in [3.8, 4) is 11.4 Å². The van der Waals surface area contributed by atoms with Gasteiger partial charge >= 0.3 is 0 Å². The molecule has 0 saturated heterocycles. The van der Waals surface area contributed by atoms with Crippen molar-refractivity contribution >= 4 is 22.4 Å². The van der Waals surface area contributed by atoms with Gasteiger partial charge < -0.3 is 5.32 Å². The molecule has 2 rings (SSSR count). The SMILES string of the molecule is CC(=O)Nc1nc(-c2cccc(F)n2)cs1. The van der Waals surface area contributed by atoms with Gasteiger partial charge in [0.1, 0.15) is 5.69 Å². The van der Waals surface area contributed by atoms with Crippen LogP contribution in [-0.2, 0) is 4.79 Å². The average molecular weight is 237 g/mol. The van der Waals surface area contributed by atoms with E-state index in [0.29, 0.717) is 16.5 Å². The molecule has 6 heteroatoms. The van der Waals surface area contributed by atoms with Gasteiger partial charge in [0.15, 0.2) is 5.13 Å². The second-order valence-corrected chi connectivity index (χ2v) is 3.92. The minimum atomic E-state index is -0.549. The van der Waals surface area contributed by atoms with Crippen LogP contribution in [-0.4, -0.2) is 15.9 Å². The summed E-state index contributed by atoms with van der Waals surface area (Å²) in [6, 6.07) is 4.50. The molecule has 0 aliphatic heterocycles. The molecule has 1 amide bonds. The molecule has 2 aromatic rings. The van der Waals surface area contributed by atoms with Gasteiger partial charge in [-0.15, -0.1) is 11.3 Å². The number of carbonyl (C=O) groups excluding carboxylic acids is 1. The highest BCUT2D eigenvalue weighted by Gasteiger charge is 2.07.